The predicted octanol–water partition coefficient (Wildman–Crippen LogP) is 2.36. The fraction of sp³-hybridized carbons (Fsp3) is 0.300. The number of nitro benzene ring substituents is 1. The van der Waals surface area contributed by atoms with Crippen LogP contribution in [0.5, 0.6) is 0 Å². The summed E-state index contributed by atoms with van der Waals surface area (Å²) in [6.07, 6.45) is 0. The molecule has 8 heteroatoms. The van der Waals surface area contributed by atoms with Crippen LogP contribution >= 0.6 is 0 Å². The van der Waals surface area contributed by atoms with Crippen LogP contribution in [0.4, 0.5) is 11.4 Å². The van der Waals surface area contributed by atoms with Gasteiger partial charge in [-0.25, -0.2) is 4.79 Å². The molecule has 0 radical (unpaired) electrons. The second kappa shape index (κ2) is 8.18. The van der Waals surface area contributed by atoms with Crippen LogP contribution in [0.25, 0.3) is 0 Å². The molecule has 146 valence electrons. The van der Waals surface area contributed by atoms with E-state index in [0.717, 1.165) is 13.1 Å². The van der Waals surface area contributed by atoms with Gasteiger partial charge in [0.15, 0.2) is 5.78 Å². The quantitative estimate of drug-likeness (QED) is 0.339. The van der Waals surface area contributed by atoms with Crippen molar-refractivity contribution >= 4 is 23.1 Å². The molecule has 0 saturated carbocycles. The van der Waals surface area contributed by atoms with Crippen LogP contribution in [-0.2, 0) is 4.74 Å². The molecule has 1 fully saturated rings. The summed E-state index contributed by atoms with van der Waals surface area (Å²) in [4.78, 5) is 40.2. The lowest BCUT2D eigenvalue weighted by atomic mass is 9.97. The number of ether oxygens (including phenoxy) is 1. The number of carbonyl (C=O) groups is 2. The molecule has 2 aromatic rings. The smallest absolute Gasteiger partial charge is 0.338 e. The van der Waals surface area contributed by atoms with Gasteiger partial charge in [-0.05, 0) is 25.2 Å². The zero-order valence-electron chi connectivity index (χ0n) is 15.8. The standard InChI is InChI=1S/C20H21N3O5/c1-21-9-11-22(12-10-21)17-8-7-14(13-18(17)23(26)27)19(24)15-5-3-4-6-16(15)20(25)28-2/h3-8,13H,9-12H2,1-2H3. The first-order valence-corrected chi connectivity index (χ1v) is 8.86. The number of hydrogen-bond donors (Lipinski definition) is 0. The average molecular weight is 383 g/mol. The minimum atomic E-state index is -0.632. The summed E-state index contributed by atoms with van der Waals surface area (Å²) in [5.74, 6) is -1.10. The van der Waals surface area contributed by atoms with Crippen LogP contribution in [0, 0.1) is 10.1 Å². The lowest BCUT2D eigenvalue weighted by Crippen LogP contribution is -2.44. The van der Waals surface area contributed by atoms with Crippen molar-refractivity contribution in [3.63, 3.8) is 0 Å². The number of ketones is 1. The molecule has 28 heavy (non-hydrogen) atoms. The third-order valence-corrected chi connectivity index (χ3v) is 4.86. The van der Waals surface area contributed by atoms with E-state index in [2.05, 4.69) is 4.90 Å². The highest BCUT2D eigenvalue weighted by Crippen LogP contribution is 2.31. The number of anilines is 1. The van der Waals surface area contributed by atoms with E-state index in [4.69, 9.17) is 4.74 Å². The molecule has 1 aliphatic heterocycles. The van der Waals surface area contributed by atoms with Crippen LogP contribution in [0.2, 0.25) is 0 Å². The van der Waals surface area contributed by atoms with Crippen molar-refractivity contribution in [3.05, 3.63) is 69.3 Å². The second-order valence-electron chi connectivity index (χ2n) is 6.62. The minimum absolute atomic E-state index is 0.119. The number of nitrogens with zero attached hydrogens (tertiary/aromatic N) is 3. The van der Waals surface area contributed by atoms with Gasteiger partial charge in [-0.15, -0.1) is 0 Å². The number of benzene rings is 2. The fourth-order valence-corrected chi connectivity index (χ4v) is 3.25. The van der Waals surface area contributed by atoms with Crippen molar-refractivity contribution < 1.29 is 19.2 Å². The maximum Gasteiger partial charge on any atom is 0.338 e. The molecule has 3 rings (SSSR count). The molecule has 0 amide bonds. The van der Waals surface area contributed by atoms with Crippen LogP contribution in [0.3, 0.4) is 0 Å². The van der Waals surface area contributed by atoms with E-state index in [0.29, 0.717) is 18.8 Å². The Labute approximate surface area is 162 Å². The molecular weight excluding hydrogens is 362 g/mol. The van der Waals surface area contributed by atoms with Crippen molar-refractivity contribution in [2.24, 2.45) is 0 Å². The van der Waals surface area contributed by atoms with E-state index in [9.17, 15) is 19.7 Å². The van der Waals surface area contributed by atoms with E-state index in [1.807, 2.05) is 11.9 Å². The molecule has 1 saturated heterocycles. The van der Waals surface area contributed by atoms with E-state index < -0.39 is 16.7 Å². The highest BCUT2D eigenvalue weighted by molar-refractivity contribution is 6.14. The van der Waals surface area contributed by atoms with Crippen LogP contribution in [0.1, 0.15) is 26.3 Å². The van der Waals surface area contributed by atoms with Gasteiger partial charge in [0.05, 0.1) is 17.6 Å². The summed E-state index contributed by atoms with van der Waals surface area (Å²) >= 11 is 0. The number of piperazine rings is 1. The number of carbonyl (C=O) groups excluding carboxylic acids is 2. The maximum atomic E-state index is 12.9. The Morgan fingerprint density at radius 1 is 1.04 bits per heavy atom. The monoisotopic (exact) mass is 383 g/mol. The maximum absolute atomic E-state index is 12.9. The van der Waals surface area contributed by atoms with Crippen molar-refractivity contribution in [2.45, 2.75) is 0 Å². The van der Waals surface area contributed by atoms with Gasteiger partial charge in [-0.1, -0.05) is 18.2 Å². The average Bonchev–Trinajstić information content (AvgIpc) is 2.72. The van der Waals surface area contributed by atoms with Crippen LogP contribution in [0.15, 0.2) is 42.5 Å². The van der Waals surface area contributed by atoms with Crippen LogP contribution in [-0.4, -0.2) is 61.9 Å². The lowest BCUT2D eigenvalue weighted by Gasteiger charge is -2.33. The third kappa shape index (κ3) is 3.86. The minimum Gasteiger partial charge on any atom is -0.465 e. The summed E-state index contributed by atoms with van der Waals surface area (Å²) in [6.45, 7) is 2.97. The zero-order valence-corrected chi connectivity index (χ0v) is 15.8. The summed E-state index contributed by atoms with van der Waals surface area (Å²) < 4.78 is 4.72. The number of esters is 1. The van der Waals surface area contributed by atoms with E-state index >= 15 is 0 Å². The first-order chi connectivity index (χ1) is 13.4. The summed E-state index contributed by atoms with van der Waals surface area (Å²) in [7, 11) is 3.24. The second-order valence-corrected chi connectivity index (χ2v) is 6.62. The molecule has 0 N–H and O–H groups in total. The lowest BCUT2D eigenvalue weighted by molar-refractivity contribution is -0.384. The molecule has 1 aliphatic rings. The fourth-order valence-electron chi connectivity index (χ4n) is 3.25. The van der Waals surface area contributed by atoms with Crippen molar-refractivity contribution in [3.8, 4) is 0 Å². The van der Waals surface area contributed by atoms with E-state index in [1.165, 1.54) is 25.3 Å². The van der Waals surface area contributed by atoms with Crippen molar-refractivity contribution in [1.82, 2.24) is 4.90 Å². The van der Waals surface area contributed by atoms with Crippen molar-refractivity contribution in [2.75, 3.05) is 45.2 Å². The van der Waals surface area contributed by atoms with E-state index in [1.54, 1.807) is 24.3 Å². The first kappa shape index (κ1) is 19.5. The van der Waals surface area contributed by atoms with Gasteiger partial charge in [-0.3, -0.25) is 14.9 Å². The number of hydrogen-bond acceptors (Lipinski definition) is 7. The Balaban J connectivity index is 1.98. The Kier molecular flexibility index (Phi) is 5.70. The highest BCUT2D eigenvalue weighted by atomic mass is 16.6. The summed E-state index contributed by atoms with van der Waals surface area (Å²) in [5, 5.41) is 11.6. The molecule has 0 unspecified atom stereocenters. The molecule has 0 aliphatic carbocycles. The first-order valence-electron chi connectivity index (χ1n) is 8.86. The molecular formula is C20H21N3O5. The largest absolute Gasteiger partial charge is 0.465 e. The molecule has 0 bridgehead atoms. The topological polar surface area (TPSA) is 93.0 Å². The zero-order chi connectivity index (χ0) is 20.3. The van der Waals surface area contributed by atoms with Gasteiger partial charge in [0.1, 0.15) is 5.69 Å². The molecule has 0 atom stereocenters. The Hall–Kier alpha value is -3.26. The van der Waals surface area contributed by atoms with E-state index in [-0.39, 0.29) is 22.4 Å². The molecule has 2 aromatic carbocycles. The molecule has 0 aromatic heterocycles. The number of methoxy groups -OCH3 is 1. The number of nitro groups is 1. The Morgan fingerprint density at radius 2 is 1.68 bits per heavy atom. The molecule has 0 spiro atoms. The van der Waals surface area contributed by atoms with Gasteiger partial charge in [-0.2, -0.15) is 0 Å². The van der Waals surface area contributed by atoms with Gasteiger partial charge in [0, 0.05) is 43.4 Å². The third-order valence-electron chi connectivity index (χ3n) is 4.86. The van der Waals surface area contributed by atoms with Gasteiger partial charge in [0.2, 0.25) is 0 Å². The molecule has 8 nitrogen and oxygen atoms in total. The van der Waals surface area contributed by atoms with Gasteiger partial charge < -0.3 is 14.5 Å². The normalized spacial score (nSPS) is 14.6. The summed E-state index contributed by atoms with van der Waals surface area (Å²) in [5.41, 5.74) is 0.805. The highest BCUT2D eigenvalue weighted by Gasteiger charge is 2.26. The van der Waals surface area contributed by atoms with Crippen molar-refractivity contribution in [1.29, 1.82) is 0 Å². The predicted molar refractivity (Wildman–Crippen MR) is 104 cm³/mol. The number of likely N-dealkylation sites (N-methyl/N-ethyl adjacent to an activating group) is 1. The van der Waals surface area contributed by atoms with Gasteiger partial charge >= 0.3 is 5.97 Å². The number of rotatable bonds is 5. The Bertz CT molecular complexity index is 920. The van der Waals surface area contributed by atoms with Gasteiger partial charge in [0.25, 0.3) is 5.69 Å². The molecule has 1 heterocycles. The van der Waals surface area contributed by atoms with Crippen LogP contribution < -0.4 is 4.90 Å². The SMILES string of the molecule is COC(=O)c1ccccc1C(=O)c1ccc(N2CCN(C)CC2)c([N+](=O)[O-])c1. The summed E-state index contributed by atoms with van der Waals surface area (Å²) in [6, 6.07) is 10.7. The Morgan fingerprint density at radius 3 is 2.29 bits per heavy atom.